The zero-order valence-corrected chi connectivity index (χ0v) is 22.2. The third-order valence-corrected chi connectivity index (χ3v) is 6.02. The van der Waals surface area contributed by atoms with E-state index in [4.69, 9.17) is 9.47 Å². The lowest BCUT2D eigenvalue weighted by Crippen LogP contribution is -2.59. The molecule has 2 aliphatic rings. The predicted molar refractivity (Wildman–Crippen MR) is 132 cm³/mol. The maximum absolute atomic E-state index is 6.12. The summed E-state index contributed by atoms with van der Waals surface area (Å²) in [4.78, 5) is 6.97. The van der Waals surface area contributed by atoms with E-state index in [1.54, 1.807) is 0 Å². The van der Waals surface area contributed by atoms with Gasteiger partial charge in [0, 0.05) is 51.3 Å². The monoisotopic (exact) mass is 524 g/mol. The van der Waals surface area contributed by atoms with Crippen molar-refractivity contribution in [1.29, 1.82) is 0 Å². The second kappa shape index (κ2) is 11.5. The zero-order chi connectivity index (χ0) is 20.9. The van der Waals surface area contributed by atoms with Crippen molar-refractivity contribution in [3.8, 4) is 0 Å². The van der Waals surface area contributed by atoms with Gasteiger partial charge in [0.05, 0.1) is 18.3 Å². The molecular weight excluding hydrogens is 479 g/mol. The van der Waals surface area contributed by atoms with E-state index in [9.17, 15) is 0 Å². The van der Waals surface area contributed by atoms with E-state index in [-0.39, 0.29) is 47.1 Å². The topological polar surface area (TPSA) is 58.1 Å². The summed E-state index contributed by atoms with van der Waals surface area (Å²) in [5.74, 6) is 1.39. The zero-order valence-electron chi connectivity index (χ0n) is 19.9. The van der Waals surface area contributed by atoms with Crippen LogP contribution in [0.3, 0.4) is 0 Å². The number of rotatable bonds is 5. The van der Waals surface area contributed by atoms with Gasteiger partial charge in [-0.05, 0) is 46.0 Å². The number of hydrogen-bond acceptors (Lipinski definition) is 4. The van der Waals surface area contributed by atoms with Crippen molar-refractivity contribution < 1.29 is 9.47 Å². The van der Waals surface area contributed by atoms with Gasteiger partial charge in [-0.15, -0.1) is 24.0 Å². The average molecular weight is 525 g/mol. The van der Waals surface area contributed by atoms with Crippen molar-refractivity contribution in [2.24, 2.45) is 16.3 Å². The second-order valence-electron chi connectivity index (χ2n) is 10.3. The molecule has 2 saturated heterocycles. The molecule has 0 aromatic heterocycles. The molecule has 6 nitrogen and oxygen atoms in total. The van der Waals surface area contributed by atoms with Crippen LogP contribution in [0.5, 0.6) is 0 Å². The van der Waals surface area contributed by atoms with Crippen molar-refractivity contribution in [3.05, 3.63) is 0 Å². The lowest BCUT2D eigenvalue weighted by molar-refractivity contribution is -0.0946. The summed E-state index contributed by atoms with van der Waals surface area (Å²) < 4.78 is 12.0. The average Bonchev–Trinajstić information content (AvgIpc) is 2.60. The summed E-state index contributed by atoms with van der Waals surface area (Å²) in [6.07, 6.45) is 3.20. The highest BCUT2D eigenvalue weighted by molar-refractivity contribution is 14.0. The molecule has 4 unspecified atom stereocenters. The fourth-order valence-electron chi connectivity index (χ4n) is 4.54. The Kier molecular flexibility index (Phi) is 10.7. The molecular formula is C22H45IN4O2. The molecule has 172 valence electrons. The Morgan fingerprint density at radius 2 is 1.69 bits per heavy atom. The number of halogens is 1. The van der Waals surface area contributed by atoms with E-state index < -0.39 is 0 Å². The highest BCUT2D eigenvalue weighted by atomic mass is 127. The Hall–Kier alpha value is -0.120. The summed E-state index contributed by atoms with van der Waals surface area (Å²) in [5.41, 5.74) is 0.196. The number of ether oxygens (including phenoxy) is 2. The number of hydrogen-bond donors (Lipinski definition) is 2. The Morgan fingerprint density at radius 3 is 2.24 bits per heavy atom. The normalized spacial score (nSPS) is 29.9. The minimum atomic E-state index is 0. The van der Waals surface area contributed by atoms with Crippen LogP contribution >= 0.6 is 24.0 Å². The lowest BCUT2D eigenvalue weighted by atomic mass is 9.78. The van der Waals surface area contributed by atoms with Gasteiger partial charge < -0.3 is 20.1 Å². The van der Waals surface area contributed by atoms with Gasteiger partial charge in [0.15, 0.2) is 5.96 Å². The van der Waals surface area contributed by atoms with E-state index in [1.165, 1.54) is 6.42 Å². The molecule has 0 bridgehead atoms. The van der Waals surface area contributed by atoms with Gasteiger partial charge in [0.2, 0.25) is 0 Å². The minimum Gasteiger partial charge on any atom is -0.377 e. The Labute approximate surface area is 196 Å². The molecule has 7 heteroatoms. The molecule has 0 amide bonds. The van der Waals surface area contributed by atoms with Gasteiger partial charge in [0.25, 0.3) is 0 Å². The summed E-state index contributed by atoms with van der Waals surface area (Å²) in [6, 6.07) is 0. The fourth-order valence-corrected chi connectivity index (χ4v) is 4.54. The first-order valence-electron chi connectivity index (χ1n) is 11.0. The van der Waals surface area contributed by atoms with Crippen molar-refractivity contribution in [2.75, 3.05) is 39.8 Å². The largest absolute Gasteiger partial charge is 0.377 e. The molecule has 2 heterocycles. The highest BCUT2D eigenvalue weighted by Crippen LogP contribution is 2.33. The van der Waals surface area contributed by atoms with Gasteiger partial charge in [0.1, 0.15) is 0 Å². The Morgan fingerprint density at radius 1 is 1.07 bits per heavy atom. The van der Waals surface area contributed by atoms with Crippen molar-refractivity contribution in [3.63, 3.8) is 0 Å². The van der Waals surface area contributed by atoms with Crippen LogP contribution in [0.1, 0.15) is 61.3 Å². The maximum atomic E-state index is 6.12. The molecule has 0 radical (unpaired) electrons. The highest BCUT2D eigenvalue weighted by Gasteiger charge is 2.36. The van der Waals surface area contributed by atoms with Gasteiger partial charge in [-0.1, -0.05) is 20.8 Å². The third-order valence-electron chi connectivity index (χ3n) is 6.02. The molecule has 29 heavy (non-hydrogen) atoms. The molecule has 2 N–H and O–H groups in total. The van der Waals surface area contributed by atoms with Crippen LogP contribution in [0.4, 0.5) is 0 Å². The molecule has 4 atom stereocenters. The van der Waals surface area contributed by atoms with Gasteiger partial charge in [-0.25, -0.2) is 0 Å². The standard InChI is InChI=1S/C22H44N4O2.HI/c1-16-13-26(14-17(2)28-16)22(6,7)15-25-20(23-8)24-12-18-10-9-11-27-19(18)21(3,4)5;/h16-19H,9-15H2,1-8H3,(H2,23,24,25);1H. The Bertz CT molecular complexity index is 511. The van der Waals surface area contributed by atoms with Crippen molar-refractivity contribution in [2.45, 2.75) is 85.2 Å². The van der Waals surface area contributed by atoms with Gasteiger partial charge >= 0.3 is 0 Å². The maximum Gasteiger partial charge on any atom is 0.191 e. The molecule has 0 spiro atoms. The van der Waals surface area contributed by atoms with E-state index in [1.807, 2.05) is 7.05 Å². The molecule has 2 fully saturated rings. The van der Waals surface area contributed by atoms with Crippen LogP contribution < -0.4 is 10.6 Å². The number of nitrogens with zero attached hydrogens (tertiary/aromatic N) is 2. The van der Waals surface area contributed by atoms with Crippen LogP contribution in [0.2, 0.25) is 0 Å². The third kappa shape index (κ3) is 8.15. The van der Waals surface area contributed by atoms with E-state index in [0.717, 1.165) is 45.2 Å². The fraction of sp³-hybridized carbons (Fsp3) is 0.955. The van der Waals surface area contributed by atoms with Crippen LogP contribution in [-0.4, -0.2) is 74.5 Å². The summed E-state index contributed by atoms with van der Waals surface area (Å²) >= 11 is 0. The quantitative estimate of drug-likeness (QED) is 0.328. The summed E-state index contributed by atoms with van der Waals surface area (Å²) in [5, 5.41) is 7.10. The Balaban J connectivity index is 0.00000420. The van der Waals surface area contributed by atoms with E-state index in [2.05, 4.69) is 69.0 Å². The van der Waals surface area contributed by atoms with Crippen molar-refractivity contribution in [1.82, 2.24) is 15.5 Å². The molecule has 0 aromatic carbocycles. The summed E-state index contributed by atoms with van der Waals surface area (Å²) in [7, 11) is 1.85. The smallest absolute Gasteiger partial charge is 0.191 e. The minimum absolute atomic E-state index is 0. The van der Waals surface area contributed by atoms with Crippen LogP contribution in [0, 0.1) is 11.3 Å². The second-order valence-corrected chi connectivity index (χ2v) is 10.3. The van der Waals surface area contributed by atoms with Crippen molar-refractivity contribution >= 4 is 29.9 Å². The van der Waals surface area contributed by atoms with Gasteiger partial charge in [-0.3, -0.25) is 9.89 Å². The lowest BCUT2D eigenvalue weighted by Gasteiger charge is -2.45. The van der Waals surface area contributed by atoms with Crippen LogP contribution in [-0.2, 0) is 9.47 Å². The van der Waals surface area contributed by atoms with Crippen LogP contribution in [0.25, 0.3) is 0 Å². The summed E-state index contributed by atoms with van der Waals surface area (Å²) in [6.45, 7) is 20.3. The first kappa shape index (κ1) is 26.9. The first-order valence-corrected chi connectivity index (χ1v) is 11.0. The molecule has 0 aliphatic carbocycles. The van der Waals surface area contributed by atoms with Crippen LogP contribution in [0.15, 0.2) is 4.99 Å². The van der Waals surface area contributed by atoms with E-state index >= 15 is 0 Å². The first-order chi connectivity index (χ1) is 13.0. The number of aliphatic imine (C=N–C) groups is 1. The molecule has 2 aliphatic heterocycles. The number of morpholine rings is 1. The molecule has 0 saturated carbocycles. The molecule has 2 rings (SSSR count). The predicted octanol–water partition coefficient (Wildman–Crippen LogP) is 3.50. The number of guanidine groups is 1. The SMILES string of the molecule is CN=C(NCC1CCCOC1C(C)(C)C)NCC(C)(C)N1CC(C)OC(C)C1.I. The number of nitrogens with one attached hydrogen (secondary N) is 2. The van der Waals surface area contributed by atoms with Gasteiger partial charge in [-0.2, -0.15) is 0 Å². The van der Waals surface area contributed by atoms with E-state index in [0.29, 0.717) is 12.0 Å². The molecule has 0 aromatic rings.